The maximum atomic E-state index is 11.7. The minimum absolute atomic E-state index is 0.0718. The summed E-state index contributed by atoms with van der Waals surface area (Å²) in [6.45, 7) is 2.89. The molecule has 1 aromatic heterocycles. The number of aromatic nitrogens is 1. The van der Waals surface area contributed by atoms with Crippen molar-refractivity contribution in [2.45, 2.75) is 45.6 Å². The molecule has 0 spiro atoms. The van der Waals surface area contributed by atoms with Gasteiger partial charge in [-0.25, -0.2) is 0 Å². The van der Waals surface area contributed by atoms with E-state index in [0.29, 0.717) is 36.8 Å². The van der Waals surface area contributed by atoms with Crippen LogP contribution in [-0.4, -0.2) is 39.9 Å². The largest absolute Gasteiger partial charge is 0.494 e. The van der Waals surface area contributed by atoms with Gasteiger partial charge in [-0.05, 0) is 73.6 Å². The zero-order valence-corrected chi connectivity index (χ0v) is 23.8. The number of carbonyl (C=O) groups is 2. The van der Waals surface area contributed by atoms with Gasteiger partial charge in [0.05, 0.1) is 23.8 Å². The number of ether oxygens (including phenoxy) is 2. The van der Waals surface area contributed by atoms with Crippen LogP contribution >= 0.6 is 11.6 Å². The molecule has 0 bridgehead atoms. The molecule has 4 rings (SSSR count). The Bertz CT molecular complexity index is 1520. The molecule has 7 nitrogen and oxygen atoms in total. The van der Waals surface area contributed by atoms with Crippen LogP contribution in [0.3, 0.4) is 0 Å². The van der Waals surface area contributed by atoms with Crippen LogP contribution in [0.25, 0.3) is 23.1 Å². The predicted octanol–water partition coefficient (Wildman–Crippen LogP) is 7.50. The Labute approximate surface area is 244 Å². The standard InChI is InChI=1S/C33H34ClNO6/c1-23-27(9-7-13-31(36)37)28-10-6-8-25(33(28)35(23)22-32(38)39)17-14-24-15-18-26(19-16-24)40-20-4-5-21-41-30-12-3-2-11-29(30)34/h2-3,6,8,10-12,14-19H,4-5,7,9,13,20-22H2,1H3,(H,36,37)(H,38,39)/b17-14+. The smallest absolute Gasteiger partial charge is 0.323 e. The zero-order valence-electron chi connectivity index (χ0n) is 23.0. The highest BCUT2D eigenvalue weighted by Gasteiger charge is 2.18. The number of fused-ring (bicyclic) bond motifs is 1. The molecule has 0 aliphatic rings. The van der Waals surface area contributed by atoms with Gasteiger partial charge < -0.3 is 24.3 Å². The minimum Gasteiger partial charge on any atom is -0.494 e. The van der Waals surface area contributed by atoms with E-state index in [1.54, 1.807) is 6.07 Å². The first-order valence-corrected chi connectivity index (χ1v) is 14.0. The first kappa shape index (κ1) is 29.7. The first-order chi connectivity index (χ1) is 19.8. The van der Waals surface area contributed by atoms with E-state index in [1.807, 2.05) is 84.3 Å². The van der Waals surface area contributed by atoms with Gasteiger partial charge >= 0.3 is 11.9 Å². The number of rotatable bonds is 15. The fourth-order valence-electron chi connectivity index (χ4n) is 4.83. The fraction of sp³-hybridized carbons (Fsp3) is 0.273. The van der Waals surface area contributed by atoms with Gasteiger partial charge in [-0.1, -0.05) is 66.2 Å². The number of hydrogen-bond donors (Lipinski definition) is 2. The van der Waals surface area contributed by atoms with Crippen molar-refractivity contribution in [3.63, 3.8) is 0 Å². The fourth-order valence-corrected chi connectivity index (χ4v) is 5.02. The minimum atomic E-state index is -0.926. The molecule has 0 fully saturated rings. The van der Waals surface area contributed by atoms with Crippen molar-refractivity contribution >= 4 is 46.6 Å². The first-order valence-electron chi connectivity index (χ1n) is 13.7. The number of carboxylic acids is 2. The van der Waals surface area contributed by atoms with E-state index in [-0.39, 0.29) is 13.0 Å². The number of para-hydroxylation sites is 2. The summed E-state index contributed by atoms with van der Waals surface area (Å²) in [6, 6.07) is 21.1. The molecule has 0 saturated heterocycles. The topological polar surface area (TPSA) is 98.0 Å². The summed E-state index contributed by atoms with van der Waals surface area (Å²) in [5, 5.41) is 20.2. The highest BCUT2D eigenvalue weighted by Crippen LogP contribution is 2.31. The van der Waals surface area contributed by atoms with Crippen LogP contribution in [0, 0.1) is 6.92 Å². The Balaban J connectivity index is 1.38. The van der Waals surface area contributed by atoms with Crippen molar-refractivity contribution in [2.24, 2.45) is 0 Å². The van der Waals surface area contributed by atoms with Gasteiger partial charge in [0, 0.05) is 17.5 Å². The molecule has 0 radical (unpaired) electrons. The van der Waals surface area contributed by atoms with Crippen molar-refractivity contribution < 1.29 is 29.3 Å². The van der Waals surface area contributed by atoms with Gasteiger partial charge in [-0.2, -0.15) is 0 Å². The molecule has 3 aromatic carbocycles. The number of hydrogen-bond acceptors (Lipinski definition) is 4. The Morgan fingerprint density at radius 2 is 1.59 bits per heavy atom. The molecule has 1 heterocycles. The summed E-state index contributed by atoms with van der Waals surface area (Å²) < 4.78 is 13.4. The molecule has 0 amide bonds. The molecule has 41 heavy (non-hydrogen) atoms. The highest BCUT2D eigenvalue weighted by atomic mass is 35.5. The average molecular weight is 576 g/mol. The molecule has 8 heteroatoms. The molecule has 0 saturated carbocycles. The summed E-state index contributed by atoms with van der Waals surface area (Å²) >= 11 is 6.10. The number of nitrogens with zero attached hydrogens (tertiary/aromatic N) is 1. The van der Waals surface area contributed by atoms with Crippen LogP contribution in [0.4, 0.5) is 0 Å². The number of unbranched alkanes of at least 4 members (excludes halogenated alkanes) is 1. The number of aryl methyl sites for hydroxylation is 1. The van der Waals surface area contributed by atoms with Gasteiger partial charge in [-0.3, -0.25) is 9.59 Å². The molecule has 4 aromatic rings. The van der Waals surface area contributed by atoms with Gasteiger partial charge in [0.25, 0.3) is 0 Å². The quantitative estimate of drug-likeness (QED) is 0.112. The van der Waals surface area contributed by atoms with Crippen LogP contribution < -0.4 is 9.47 Å². The van der Waals surface area contributed by atoms with E-state index in [2.05, 4.69) is 0 Å². The van der Waals surface area contributed by atoms with Crippen molar-refractivity contribution in [3.8, 4) is 11.5 Å². The van der Waals surface area contributed by atoms with Crippen LogP contribution in [0.2, 0.25) is 5.02 Å². The van der Waals surface area contributed by atoms with Crippen LogP contribution in [-0.2, 0) is 22.6 Å². The van der Waals surface area contributed by atoms with Gasteiger partial charge in [0.1, 0.15) is 18.0 Å². The van der Waals surface area contributed by atoms with E-state index < -0.39 is 11.9 Å². The lowest BCUT2D eigenvalue weighted by atomic mass is 10.0. The lowest BCUT2D eigenvalue weighted by Gasteiger charge is -2.09. The summed E-state index contributed by atoms with van der Waals surface area (Å²) in [4.78, 5) is 22.7. The Hall–Kier alpha value is -4.23. The molecule has 214 valence electrons. The van der Waals surface area contributed by atoms with Crippen molar-refractivity contribution in [1.82, 2.24) is 4.57 Å². The summed E-state index contributed by atoms with van der Waals surface area (Å²) in [6.07, 6.45) is 6.81. The van der Waals surface area contributed by atoms with E-state index in [1.165, 1.54) is 0 Å². The highest BCUT2D eigenvalue weighted by molar-refractivity contribution is 6.32. The monoisotopic (exact) mass is 575 g/mol. The van der Waals surface area contributed by atoms with Crippen molar-refractivity contribution in [1.29, 1.82) is 0 Å². The van der Waals surface area contributed by atoms with Gasteiger partial charge in [0.15, 0.2) is 0 Å². The molecule has 0 aliphatic carbocycles. The maximum Gasteiger partial charge on any atom is 0.323 e. The number of benzene rings is 3. The number of halogens is 1. The molecular formula is C33H34ClNO6. The second kappa shape index (κ2) is 14.4. The predicted molar refractivity (Wildman–Crippen MR) is 162 cm³/mol. The third-order valence-electron chi connectivity index (χ3n) is 6.85. The van der Waals surface area contributed by atoms with E-state index >= 15 is 0 Å². The lowest BCUT2D eigenvalue weighted by Crippen LogP contribution is -2.10. The summed E-state index contributed by atoms with van der Waals surface area (Å²) in [7, 11) is 0. The van der Waals surface area contributed by atoms with Crippen molar-refractivity contribution in [2.75, 3.05) is 13.2 Å². The van der Waals surface area contributed by atoms with Gasteiger partial charge in [0.2, 0.25) is 0 Å². The Morgan fingerprint density at radius 3 is 2.29 bits per heavy atom. The molecule has 2 N–H and O–H groups in total. The van der Waals surface area contributed by atoms with Crippen molar-refractivity contribution in [3.05, 3.63) is 94.1 Å². The van der Waals surface area contributed by atoms with Crippen LogP contribution in [0.5, 0.6) is 11.5 Å². The van der Waals surface area contributed by atoms with E-state index in [9.17, 15) is 14.7 Å². The second-order valence-electron chi connectivity index (χ2n) is 9.77. The normalized spacial score (nSPS) is 11.3. The number of aliphatic carboxylic acids is 2. The zero-order chi connectivity index (χ0) is 29.2. The number of carboxylic acid groups (broad SMARTS) is 2. The average Bonchev–Trinajstić information content (AvgIpc) is 3.21. The Morgan fingerprint density at radius 1 is 0.854 bits per heavy atom. The molecule has 0 unspecified atom stereocenters. The molecule has 0 aliphatic heterocycles. The van der Waals surface area contributed by atoms with E-state index in [4.69, 9.17) is 26.2 Å². The second-order valence-corrected chi connectivity index (χ2v) is 10.2. The Kier molecular flexibility index (Phi) is 10.5. The molecular weight excluding hydrogens is 542 g/mol. The summed E-state index contributed by atoms with van der Waals surface area (Å²) in [5.41, 5.74) is 4.57. The summed E-state index contributed by atoms with van der Waals surface area (Å²) in [5.74, 6) is -0.287. The SMILES string of the molecule is Cc1c(CCCC(=O)O)c2cccc(/C=C/c3ccc(OCCCCOc4ccccc4Cl)cc3)c2n1CC(=O)O. The van der Waals surface area contributed by atoms with Gasteiger partial charge in [-0.15, -0.1) is 0 Å². The van der Waals surface area contributed by atoms with Crippen LogP contribution in [0.15, 0.2) is 66.7 Å². The van der Waals surface area contributed by atoms with E-state index in [0.717, 1.165) is 51.9 Å². The third-order valence-corrected chi connectivity index (χ3v) is 7.16. The third kappa shape index (κ3) is 8.14. The molecule has 0 atom stereocenters. The maximum absolute atomic E-state index is 11.7. The van der Waals surface area contributed by atoms with Crippen LogP contribution in [0.1, 0.15) is 48.1 Å². The lowest BCUT2D eigenvalue weighted by molar-refractivity contribution is -0.138.